The molecule has 1 aromatic carbocycles. The van der Waals surface area contributed by atoms with Crippen molar-refractivity contribution >= 4 is 11.8 Å². The molecule has 18 heavy (non-hydrogen) atoms. The van der Waals surface area contributed by atoms with E-state index in [0.717, 1.165) is 17.4 Å². The highest BCUT2D eigenvalue weighted by Crippen LogP contribution is 2.26. The van der Waals surface area contributed by atoms with Crippen LogP contribution in [0.4, 0.5) is 0 Å². The largest absolute Gasteiger partial charge is 0.497 e. The highest BCUT2D eigenvalue weighted by Gasteiger charge is 2.14. The highest BCUT2D eigenvalue weighted by molar-refractivity contribution is 7.99. The summed E-state index contributed by atoms with van der Waals surface area (Å²) in [6.45, 7) is 6.85. The maximum atomic E-state index is 5.28. The molecule has 0 saturated heterocycles. The Balaban J connectivity index is 2.64. The fourth-order valence-corrected chi connectivity index (χ4v) is 2.88. The van der Waals surface area contributed by atoms with E-state index in [1.165, 1.54) is 5.56 Å². The zero-order valence-corrected chi connectivity index (χ0v) is 12.9. The molecule has 0 aliphatic heterocycles. The van der Waals surface area contributed by atoms with Crippen LogP contribution in [0.1, 0.15) is 32.4 Å². The Morgan fingerprint density at radius 3 is 2.56 bits per heavy atom. The first kappa shape index (κ1) is 15.4. The summed E-state index contributed by atoms with van der Waals surface area (Å²) in [6.07, 6.45) is 0. The summed E-state index contributed by atoms with van der Waals surface area (Å²) in [4.78, 5) is 0. The summed E-state index contributed by atoms with van der Waals surface area (Å²) in [5.74, 6) is 2.73. The van der Waals surface area contributed by atoms with Crippen LogP contribution in [-0.4, -0.2) is 25.2 Å². The number of benzene rings is 1. The fraction of sp³-hybridized carbons (Fsp3) is 0.600. The van der Waals surface area contributed by atoms with Crippen LogP contribution >= 0.6 is 11.8 Å². The van der Waals surface area contributed by atoms with Crippen molar-refractivity contribution in [1.82, 2.24) is 5.32 Å². The van der Waals surface area contributed by atoms with Gasteiger partial charge in [-0.05, 0) is 30.7 Å². The Kier molecular flexibility index (Phi) is 6.58. The van der Waals surface area contributed by atoms with Crippen LogP contribution in [0.25, 0.3) is 0 Å². The Hall–Kier alpha value is -0.670. The number of methoxy groups -OCH3 is 1. The molecule has 0 heterocycles. The van der Waals surface area contributed by atoms with Crippen molar-refractivity contribution in [2.24, 2.45) is 5.92 Å². The number of hydrogen-bond acceptors (Lipinski definition) is 3. The lowest BCUT2D eigenvalue weighted by molar-refractivity contribution is 0.413. The molecule has 0 radical (unpaired) electrons. The van der Waals surface area contributed by atoms with E-state index in [4.69, 9.17) is 4.74 Å². The van der Waals surface area contributed by atoms with Crippen molar-refractivity contribution < 1.29 is 4.74 Å². The van der Waals surface area contributed by atoms with Crippen molar-refractivity contribution in [3.8, 4) is 5.75 Å². The maximum Gasteiger partial charge on any atom is 0.119 e. The van der Waals surface area contributed by atoms with Gasteiger partial charge in [0.25, 0.3) is 0 Å². The predicted molar refractivity (Wildman–Crippen MR) is 81.6 cm³/mol. The summed E-state index contributed by atoms with van der Waals surface area (Å²) in [6, 6.07) is 8.69. The second-order valence-electron chi connectivity index (χ2n) is 4.90. The molecule has 102 valence electrons. The first-order valence-corrected chi connectivity index (χ1v) is 7.56. The van der Waals surface area contributed by atoms with E-state index in [-0.39, 0.29) is 0 Å². The normalized spacial score (nSPS) is 14.6. The Labute approximate surface area is 116 Å². The monoisotopic (exact) mass is 267 g/mol. The Morgan fingerprint density at radius 2 is 2.00 bits per heavy atom. The van der Waals surface area contributed by atoms with Crippen LogP contribution in [0, 0.1) is 5.92 Å². The van der Waals surface area contributed by atoms with E-state index in [1.54, 1.807) is 7.11 Å². The molecule has 1 N–H and O–H groups in total. The molecular weight excluding hydrogens is 242 g/mol. The highest BCUT2D eigenvalue weighted by atomic mass is 32.2. The van der Waals surface area contributed by atoms with Gasteiger partial charge in [-0.15, -0.1) is 0 Å². The molecule has 2 atom stereocenters. The van der Waals surface area contributed by atoms with Gasteiger partial charge in [-0.25, -0.2) is 0 Å². The molecular formula is C15H25NOS. The van der Waals surface area contributed by atoms with Crippen LogP contribution in [0.2, 0.25) is 0 Å². The Bertz CT molecular complexity index is 354. The van der Waals surface area contributed by atoms with Gasteiger partial charge in [-0.3, -0.25) is 0 Å². The molecule has 1 rings (SSSR count). The van der Waals surface area contributed by atoms with E-state index in [0.29, 0.717) is 11.3 Å². The van der Waals surface area contributed by atoms with Gasteiger partial charge in [0, 0.05) is 17.0 Å². The molecule has 0 aliphatic carbocycles. The quantitative estimate of drug-likeness (QED) is 0.813. The third-order valence-electron chi connectivity index (χ3n) is 3.31. The van der Waals surface area contributed by atoms with Gasteiger partial charge in [0.2, 0.25) is 0 Å². The van der Waals surface area contributed by atoms with E-state index < -0.39 is 0 Å². The van der Waals surface area contributed by atoms with E-state index >= 15 is 0 Å². The lowest BCUT2D eigenvalue weighted by atomic mass is 10.1. The maximum absolute atomic E-state index is 5.28. The fourth-order valence-electron chi connectivity index (χ4n) is 1.64. The van der Waals surface area contributed by atoms with Gasteiger partial charge in [-0.1, -0.05) is 32.9 Å². The molecule has 0 spiro atoms. The summed E-state index contributed by atoms with van der Waals surface area (Å²) in [5, 5.41) is 4.07. The topological polar surface area (TPSA) is 21.3 Å². The average molecular weight is 267 g/mol. The minimum Gasteiger partial charge on any atom is -0.497 e. The first-order chi connectivity index (χ1) is 8.58. The smallest absolute Gasteiger partial charge is 0.119 e. The molecule has 0 saturated carbocycles. The van der Waals surface area contributed by atoms with Crippen LogP contribution < -0.4 is 10.1 Å². The van der Waals surface area contributed by atoms with E-state index in [9.17, 15) is 0 Å². The van der Waals surface area contributed by atoms with Crippen LogP contribution in [-0.2, 0) is 0 Å². The predicted octanol–water partition coefficient (Wildman–Crippen LogP) is 3.73. The second-order valence-corrected chi connectivity index (χ2v) is 6.31. The van der Waals surface area contributed by atoms with Crippen molar-refractivity contribution in [3.63, 3.8) is 0 Å². The summed E-state index contributed by atoms with van der Waals surface area (Å²) >= 11 is 2.02. The minimum absolute atomic E-state index is 0.381. The van der Waals surface area contributed by atoms with Crippen LogP contribution in [0.15, 0.2) is 24.3 Å². The molecule has 2 unspecified atom stereocenters. The SMILES string of the molecule is CNC(CSC(C)C(C)C)c1cccc(OC)c1. The zero-order chi connectivity index (χ0) is 13.5. The van der Waals surface area contributed by atoms with Gasteiger partial charge in [0.15, 0.2) is 0 Å². The van der Waals surface area contributed by atoms with E-state index in [2.05, 4.69) is 44.3 Å². The molecule has 0 fully saturated rings. The molecule has 3 heteroatoms. The van der Waals surface area contributed by atoms with Crippen LogP contribution in [0.5, 0.6) is 5.75 Å². The molecule has 0 aliphatic rings. The summed E-state index contributed by atoms with van der Waals surface area (Å²) < 4.78 is 5.28. The standard InChI is InChI=1S/C15H25NOS/c1-11(2)12(3)18-10-15(16-4)13-7-6-8-14(9-13)17-5/h6-9,11-12,15-16H,10H2,1-5H3. The number of nitrogens with one attached hydrogen (secondary N) is 1. The average Bonchev–Trinajstić information content (AvgIpc) is 2.39. The number of rotatable bonds is 7. The molecule has 2 nitrogen and oxygen atoms in total. The van der Waals surface area contributed by atoms with E-state index in [1.807, 2.05) is 24.9 Å². The number of thioether (sulfide) groups is 1. The van der Waals surface area contributed by atoms with Crippen molar-refractivity contribution in [2.75, 3.05) is 19.9 Å². The Morgan fingerprint density at radius 1 is 1.28 bits per heavy atom. The van der Waals surface area contributed by atoms with Crippen LogP contribution in [0.3, 0.4) is 0 Å². The zero-order valence-electron chi connectivity index (χ0n) is 12.1. The van der Waals surface area contributed by atoms with Crippen molar-refractivity contribution in [3.05, 3.63) is 29.8 Å². The van der Waals surface area contributed by atoms with Gasteiger partial charge >= 0.3 is 0 Å². The summed E-state index contributed by atoms with van der Waals surface area (Å²) in [7, 11) is 3.73. The third kappa shape index (κ3) is 4.54. The number of hydrogen-bond donors (Lipinski definition) is 1. The van der Waals surface area contributed by atoms with Gasteiger partial charge in [-0.2, -0.15) is 11.8 Å². The molecule has 1 aromatic rings. The van der Waals surface area contributed by atoms with Gasteiger partial charge < -0.3 is 10.1 Å². The summed E-state index contributed by atoms with van der Waals surface area (Å²) in [5.41, 5.74) is 1.29. The second kappa shape index (κ2) is 7.70. The first-order valence-electron chi connectivity index (χ1n) is 6.51. The molecule has 0 amide bonds. The van der Waals surface area contributed by atoms with Gasteiger partial charge in [0.1, 0.15) is 5.75 Å². The minimum atomic E-state index is 0.381. The lowest BCUT2D eigenvalue weighted by Gasteiger charge is -2.21. The van der Waals surface area contributed by atoms with Crippen molar-refractivity contribution in [1.29, 1.82) is 0 Å². The molecule has 0 aromatic heterocycles. The van der Waals surface area contributed by atoms with Crippen molar-refractivity contribution in [2.45, 2.75) is 32.1 Å². The lowest BCUT2D eigenvalue weighted by Crippen LogP contribution is -2.20. The third-order valence-corrected chi connectivity index (χ3v) is 4.91. The molecule has 0 bridgehead atoms. The van der Waals surface area contributed by atoms with Gasteiger partial charge in [0.05, 0.1) is 7.11 Å². The number of ether oxygens (including phenoxy) is 1.